The number of methoxy groups -OCH3 is 1. The third-order valence-corrected chi connectivity index (χ3v) is 2.56. The molecule has 0 aliphatic rings. The van der Waals surface area contributed by atoms with E-state index in [0.29, 0.717) is 0 Å². The van der Waals surface area contributed by atoms with Gasteiger partial charge in [-0.1, -0.05) is 0 Å². The summed E-state index contributed by atoms with van der Waals surface area (Å²) in [6.07, 6.45) is 2.05. The summed E-state index contributed by atoms with van der Waals surface area (Å²) in [5, 5.41) is 0. The highest BCUT2D eigenvalue weighted by Gasteiger charge is 2.30. The van der Waals surface area contributed by atoms with Crippen LogP contribution in [0, 0.1) is 23.3 Å². The summed E-state index contributed by atoms with van der Waals surface area (Å²) < 4.78 is 72.4. The molecule has 1 aromatic carbocycles. The molecule has 1 aromatic rings. The second kappa shape index (κ2) is 5.16. The fourth-order valence-corrected chi connectivity index (χ4v) is 1.80. The van der Waals surface area contributed by atoms with Gasteiger partial charge < -0.3 is 4.74 Å². The van der Waals surface area contributed by atoms with Gasteiger partial charge in [0.05, 0.1) is 7.11 Å². The zero-order chi connectivity index (χ0) is 15.0. The lowest BCUT2D eigenvalue weighted by Crippen LogP contribution is -2.12. The van der Waals surface area contributed by atoms with Gasteiger partial charge in [-0.15, -0.1) is 0 Å². The number of carbonyl (C=O) groups excluding carboxylic acids is 1. The molecule has 106 valence electrons. The van der Waals surface area contributed by atoms with Gasteiger partial charge in [0.1, 0.15) is 5.56 Å². The Bertz CT molecular complexity index is 628. The second-order valence-electron chi connectivity index (χ2n) is 3.74. The van der Waals surface area contributed by atoms with E-state index in [1.165, 1.54) is 0 Å². The van der Waals surface area contributed by atoms with Crippen LogP contribution in [-0.2, 0) is 14.5 Å². The first-order valence-corrected chi connectivity index (χ1v) is 7.04. The Morgan fingerprint density at radius 3 is 1.79 bits per heavy atom. The van der Waals surface area contributed by atoms with Gasteiger partial charge >= 0.3 is 5.97 Å². The molecular formula is C10H9F4NO3S. The standard InChI is InChI=1S/C10H9F4NO3S/c1-18-10(16)4-5(11)7(13)9(8(14)6(4)12)15-19(2,3)17/h1-3H3. The number of hydrogen-bond acceptors (Lipinski definition) is 4. The van der Waals surface area contributed by atoms with Crippen LogP contribution >= 0.6 is 0 Å². The van der Waals surface area contributed by atoms with Crippen LogP contribution in [0.1, 0.15) is 10.4 Å². The summed E-state index contributed by atoms with van der Waals surface area (Å²) in [5.41, 5.74) is -2.87. The smallest absolute Gasteiger partial charge is 0.344 e. The molecule has 1 rings (SSSR count). The number of hydrogen-bond donors (Lipinski definition) is 0. The van der Waals surface area contributed by atoms with E-state index in [1.54, 1.807) is 0 Å². The lowest BCUT2D eigenvalue weighted by Gasteiger charge is -2.08. The van der Waals surface area contributed by atoms with Crippen molar-refractivity contribution in [1.29, 1.82) is 0 Å². The van der Waals surface area contributed by atoms with Crippen molar-refractivity contribution in [2.45, 2.75) is 0 Å². The molecule has 0 amide bonds. The van der Waals surface area contributed by atoms with Gasteiger partial charge in [0.15, 0.2) is 29.0 Å². The van der Waals surface area contributed by atoms with Crippen LogP contribution in [0.4, 0.5) is 23.2 Å². The minimum absolute atomic E-state index is 0.792. The molecule has 0 N–H and O–H groups in total. The molecule has 19 heavy (non-hydrogen) atoms. The quantitative estimate of drug-likeness (QED) is 0.478. The predicted octanol–water partition coefficient (Wildman–Crippen LogP) is 2.39. The van der Waals surface area contributed by atoms with Gasteiger partial charge in [-0.2, -0.15) is 4.36 Å². The number of benzene rings is 1. The Kier molecular flexibility index (Phi) is 4.18. The molecule has 4 nitrogen and oxygen atoms in total. The largest absolute Gasteiger partial charge is 0.465 e. The number of ether oxygens (including phenoxy) is 1. The van der Waals surface area contributed by atoms with Crippen molar-refractivity contribution >= 4 is 21.4 Å². The highest BCUT2D eigenvalue weighted by molar-refractivity contribution is 7.92. The average molecular weight is 299 g/mol. The van der Waals surface area contributed by atoms with Crippen molar-refractivity contribution in [1.82, 2.24) is 0 Å². The van der Waals surface area contributed by atoms with Gasteiger partial charge in [-0.3, -0.25) is 0 Å². The molecule has 0 unspecified atom stereocenters. The Morgan fingerprint density at radius 2 is 1.47 bits per heavy atom. The van der Waals surface area contributed by atoms with E-state index in [0.717, 1.165) is 19.6 Å². The molecule has 0 radical (unpaired) electrons. The Morgan fingerprint density at radius 1 is 1.05 bits per heavy atom. The topological polar surface area (TPSA) is 55.7 Å². The summed E-state index contributed by atoms with van der Waals surface area (Å²) in [6.45, 7) is 0. The third-order valence-electron chi connectivity index (χ3n) is 1.94. The Hall–Kier alpha value is -1.64. The van der Waals surface area contributed by atoms with Crippen molar-refractivity contribution in [2.24, 2.45) is 4.36 Å². The molecule has 0 atom stereocenters. The average Bonchev–Trinajstić information content (AvgIpc) is 2.31. The Balaban J connectivity index is 3.77. The first-order valence-electron chi connectivity index (χ1n) is 4.71. The fraction of sp³-hybridized carbons (Fsp3) is 0.300. The van der Waals surface area contributed by atoms with E-state index in [2.05, 4.69) is 9.10 Å². The van der Waals surface area contributed by atoms with Gasteiger partial charge in [0, 0.05) is 22.2 Å². The zero-order valence-corrected chi connectivity index (χ0v) is 10.9. The third kappa shape index (κ3) is 3.03. The van der Waals surface area contributed by atoms with E-state index in [1.807, 2.05) is 0 Å². The number of halogens is 4. The number of rotatable bonds is 2. The monoisotopic (exact) mass is 299 g/mol. The number of nitrogens with zero attached hydrogens (tertiary/aromatic N) is 1. The molecule has 0 heterocycles. The molecular weight excluding hydrogens is 290 g/mol. The van der Waals surface area contributed by atoms with E-state index in [4.69, 9.17) is 0 Å². The van der Waals surface area contributed by atoms with Crippen LogP contribution in [0.3, 0.4) is 0 Å². The molecule has 0 saturated heterocycles. The van der Waals surface area contributed by atoms with E-state index in [9.17, 15) is 26.6 Å². The van der Waals surface area contributed by atoms with E-state index >= 15 is 0 Å². The second-order valence-corrected chi connectivity index (χ2v) is 6.29. The van der Waals surface area contributed by atoms with Gasteiger partial charge in [0.2, 0.25) is 0 Å². The maximum absolute atomic E-state index is 13.5. The van der Waals surface area contributed by atoms with Crippen LogP contribution in [0.25, 0.3) is 0 Å². The van der Waals surface area contributed by atoms with Crippen LogP contribution in [0.15, 0.2) is 4.36 Å². The highest BCUT2D eigenvalue weighted by Crippen LogP contribution is 2.31. The maximum Gasteiger partial charge on any atom is 0.344 e. The van der Waals surface area contributed by atoms with Crippen LogP contribution in [0.5, 0.6) is 0 Å². The fourth-order valence-electron chi connectivity index (χ4n) is 1.20. The normalized spacial score (nSPS) is 11.3. The molecule has 0 spiro atoms. The molecule has 0 saturated carbocycles. The summed E-state index contributed by atoms with van der Waals surface area (Å²) >= 11 is 0. The lowest BCUT2D eigenvalue weighted by atomic mass is 10.1. The van der Waals surface area contributed by atoms with Gasteiger partial charge in [-0.05, 0) is 0 Å². The molecule has 0 aromatic heterocycles. The van der Waals surface area contributed by atoms with Crippen LogP contribution in [-0.4, -0.2) is 29.8 Å². The zero-order valence-electron chi connectivity index (χ0n) is 10.1. The minimum Gasteiger partial charge on any atom is -0.465 e. The number of carbonyl (C=O) groups is 1. The molecule has 0 fully saturated rings. The van der Waals surface area contributed by atoms with Gasteiger partial charge in [0.25, 0.3) is 0 Å². The van der Waals surface area contributed by atoms with Crippen molar-refractivity contribution in [3.05, 3.63) is 28.8 Å². The Labute approximate surface area is 106 Å². The van der Waals surface area contributed by atoms with E-state index < -0.39 is 50.2 Å². The summed E-state index contributed by atoms with van der Waals surface area (Å²) in [5.74, 6) is -9.29. The lowest BCUT2D eigenvalue weighted by molar-refractivity contribution is 0.0587. The van der Waals surface area contributed by atoms with Crippen molar-refractivity contribution in [3.8, 4) is 0 Å². The first kappa shape index (κ1) is 15.4. The highest BCUT2D eigenvalue weighted by atomic mass is 32.2. The van der Waals surface area contributed by atoms with Crippen molar-refractivity contribution in [2.75, 3.05) is 19.6 Å². The first-order chi connectivity index (χ1) is 8.60. The summed E-state index contributed by atoms with van der Waals surface area (Å²) in [6, 6.07) is 0. The summed E-state index contributed by atoms with van der Waals surface area (Å²) in [4.78, 5) is 11.0. The minimum atomic E-state index is -3.05. The predicted molar refractivity (Wildman–Crippen MR) is 59.7 cm³/mol. The molecule has 0 aliphatic heterocycles. The molecule has 0 aliphatic carbocycles. The van der Waals surface area contributed by atoms with Crippen molar-refractivity contribution < 1.29 is 31.3 Å². The van der Waals surface area contributed by atoms with Crippen LogP contribution in [0.2, 0.25) is 0 Å². The maximum atomic E-state index is 13.5. The molecule has 9 heteroatoms. The van der Waals surface area contributed by atoms with Crippen molar-refractivity contribution in [3.63, 3.8) is 0 Å². The summed E-state index contributed by atoms with van der Waals surface area (Å²) in [7, 11) is -2.26. The van der Waals surface area contributed by atoms with E-state index in [-0.39, 0.29) is 0 Å². The SMILES string of the molecule is COC(=O)c1c(F)c(F)c(N=S(C)(C)=O)c(F)c1F. The van der Waals surface area contributed by atoms with Crippen LogP contribution < -0.4 is 0 Å². The molecule has 0 bridgehead atoms. The van der Waals surface area contributed by atoms with Gasteiger partial charge in [-0.25, -0.2) is 26.6 Å². The number of esters is 1.